The Morgan fingerprint density at radius 3 is 2.35 bits per heavy atom. The van der Waals surface area contributed by atoms with E-state index >= 15 is 0 Å². The Hall–Kier alpha value is -5.12. The van der Waals surface area contributed by atoms with Gasteiger partial charge in [-0.15, -0.1) is 0 Å². The zero-order chi connectivity index (χ0) is 45.0. The molecule has 23 heteroatoms. The van der Waals surface area contributed by atoms with E-state index in [0.29, 0.717) is 18.9 Å². The Morgan fingerprint density at radius 2 is 1.68 bits per heavy atom. The average Bonchev–Trinajstić information content (AvgIpc) is 3.81. The van der Waals surface area contributed by atoms with E-state index in [2.05, 4.69) is 26.3 Å². The lowest BCUT2D eigenvalue weighted by Gasteiger charge is -2.42. The number of ether oxygens (including phenoxy) is 1. The first kappa shape index (κ1) is 46.4. The minimum absolute atomic E-state index is 0.0747. The number of carbonyl (C=O) groups is 6. The monoisotopic (exact) mass is 892 g/mol. The quantitative estimate of drug-likeness (QED) is 0.141. The number of cyclic esters (lactones) is 1. The molecule has 338 valence electrons. The molecule has 4 aliphatic heterocycles. The van der Waals surface area contributed by atoms with E-state index in [1.54, 1.807) is 12.1 Å². The van der Waals surface area contributed by atoms with Crippen molar-refractivity contribution in [3.63, 3.8) is 0 Å². The van der Waals surface area contributed by atoms with E-state index in [-0.39, 0.29) is 43.2 Å². The predicted octanol–water partition coefficient (Wildman–Crippen LogP) is 0.516. The first-order chi connectivity index (χ1) is 29.3. The van der Waals surface area contributed by atoms with Crippen LogP contribution in [0.25, 0.3) is 0 Å². The molecule has 20 nitrogen and oxygen atoms in total. The van der Waals surface area contributed by atoms with Crippen molar-refractivity contribution in [3.05, 3.63) is 59.8 Å². The van der Waals surface area contributed by atoms with Gasteiger partial charge in [-0.2, -0.15) is 0 Å². The van der Waals surface area contributed by atoms with E-state index in [0.717, 1.165) is 17.0 Å². The van der Waals surface area contributed by atoms with Crippen molar-refractivity contribution in [2.75, 3.05) is 25.0 Å². The molecular weight excluding hydrogens is 841 g/mol. The summed E-state index contributed by atoms with van der Waals surface area (Å²) < 4.78 is 51.6. The number of carbonyl (C=O) groups excluding carboxylic acids is 6. The number of piperidine rings is 1. The van der Waals surface area contributed by atoms with Gasteiger partial charge < -0.3 is 45.0 Å². The third-order valence-corrected chi connectivity index (χ3v) is 12.0. The number of anilines is 1. The fourth-order valence-electron chi connectivity index (χ4n) is 8.56. The summed E-state index contributed by atoms with van der Waals surface area (Å²) in [5.41, 5.74) is -0.0747. The number of aromatic nitrogens is 1. The summed E-state index contributed by atoms with van der Waals surface area (Å²) in [6, 6.07) is -2.05. The van der Waals surface area contributed by atoms with Crippen LogP contribution in [0.2, 0.25) is 0 Å². The van der Waals surface area contributed by atoms with Gasteiger partial charge in [-0.3, -0.25) is 34.3 Å². The summed E-state index contributed by atoms with van der Waals surface area (Å²) >= 11 is 0. The van der Waals surface area contributed by atoms with Gasteiger partial charge in [-0.05, 0) is 75.3 Å². The first-order valence-electron chi connectivity index (χ1n) is 20.3. The molecule has 0 radical (unpaired) electrons. The number of aliphatic hydroxyl groups is 1. The number of phosphoric acid groups is 1. The van der Waals surface area contributed by atoms with Crippen molar-refractivity contribution in [1.82, 2.24) is 35.6 Å². The fourth-order valence-corrected chi connectivity index (χ4v) is 9.10. The van der Waals surface area contributed by atoms with Gasteiger partial charge in [0.25, 0.3) is 0 Å². The average molecular weight is 893 g/mol. The number of amides is 6. The smallest absolute Gasteiger partial charge is 0.458 e. The van der Waals surface area contributed by atoms with Crippen LogP contribution >= 0.6 is 7.82 Å². The van der Waals surface area contributed by atoms with E-state index < -0.39 is 129 Å². The van der Waals surface area contributed by atoms with E-state index in [1.807, 2.05) is 6.92 Å². The summed E-state index contributed by atoms with van der Waals surface area (Å²) in [5, 5.41) is 21.7. The molecule has 1 aromatic heterocycles. The predicted molar refractivity (Wildman–Crippen MR) is 212 cm³/mol. The molecule has 1 aromatic carbocycles. The van der Waals surface area contributed by atoms with Gasteiger partial charge >= 0.3 is 19.8 Å². The number of aliphatic hydroxyl groups excluding tert-OH is 1. The van der Waals surface area contributed by atoms with Gasteiger partial charge in [0.2, 0.25) is 23.6 Å². The molecule has 7 N–H and O–H groups in total. The minimum atomic E-state index is -5.19. The Balaban J connectivity index is 1.39. The summed E-state index contributed by atoms with van der Waals surface area (Å²) in [6.45, 7) is 4.27. The SMILES string of the molecule is C[C@@H]1C[C@H]2C(=O)O[C@@H](C)[C@H](NC(=O)[C@H](Cc3cc(F)cc(F)c3)NC(=O)Nc3ccccn3)C(=O)N3C[C@H](OP(=O)(O)O)C[C@H]3C(=O)N3CCCC[C@H]3C(O)N[C@@H](C)C(=O)N2C1. The van der Waals surface area contributed by atoms with Crippen molar-refractivity contribution in [1.29, 1.82) is 0 Å². The number of nitrogens with one attached hydrogen (secondary N) is 4. The van der Waals surface area contributed by atoms with Crippen LogP contribution in [0.1, 0.15) is 58.4 Å². The second-order valence-electron chi connectivity index (χ2n) is 16.2. The number of hydrogen-bond donors (Lipinski definition) is 7. The molecule has 6 rings (SSSR count). The second-order valence-corrected chi connectivity index (χ2v) is 17.4. The molecule has 0 bridgehead atoms. The zero-order valence-electron chi connectivity index (χ0n) is 34.2. The number of rotatable bonds is 8. The molecule has 4 fully saturated rings. The van der Waals surface area contributed by atoms with E-state index in [9.17, 15) is 57.0 Å². The van der Waals surface area contributed by atoms with Crippen molar-refractivity contribution in [2.24, 2.45) is 5.92 Å². The fraction of sp³-hybridized carbons (Fsp3) is 0.564. The third-order valence-electron chi connectivity index (χ3n) is 11.4. The van der Waals surface area contributed by atoms with Crippen LogP contribution in [0, 0.1) is 17.6 Å². The van der Waals surface area contributed by atoms with Gasteiger partial charge in [0, 0.05) is 44.7 Å². The molecule has 4 saturated heterocycles. The molecular formula is C39H51F2N8O12P. The maximum Gasteiger partial charge on any atom is 0.469 e. The number of phosphoric ester groups is 1. The lowest BCUT2D eigenvalue weighted by Crippen LogP contribution is -2.64. The molecule has 4 aliphatic rings. The molecule has 0 aliphatic carbocycles. The van der Waals surface area contributed by atoms with Crippen molar-refractivity contribution in [3.8, 4) is 0 Å². The largest absolute Gasteiger partial charge is 0.469 e. The zero-order valence-corrected chi connectivity index (χ0v) is 35.1. The number of nitrogens with zero attached hydrogens (tertiary/aromatic N) is 4. The van der Waals surface area contributed by atoms with Crippen molar-refractivity contribution in [2.45, 2.75) is 114 Å². The van der Waals surface area contributed by atoms with Crippen molar-refractivity contribution < 1.29 is 66.3 Å². The molecule has 6 amide bonds. The highest BCUT2D eigenvalue weighted by atomic mass is 31.2. The lowest BCUT2D eigenvalue weighted by atomic mass is 9.98. The van der Waals surface area contributed by atoms with Crippen LogP contribution in [0.4, 0.5) is 19.4 Å². The van der Waals surface area contributed by atoms with Crippen molar-refractivity contribution >= 4 is 49.3 Å². The van der Waals surface area contributed by atoms with Crippen LogP contribution in [0.15, 0.2) is 42.6 Å². The maximum absolute atomic E-state index is 14.9. The van der Waals surface area contributed by atoms with E-state index in [1.165, 1.54) is 35.9 Å². The maximum atomic E-state index is 14.9. The van der Waals surface area contributed by atoms with Crippen LogP contribution in [-0.2, 0) is 44.2 Å². The molecule has 0 saturated carbocycles. The third kappa shape index (κ3) is 11.3. The standard InChI is InChI=1S/C39H51F2N8O12P/c1-20-12-30-38(55)60-22(3)32(46-33(50)27(15-23-13-24(40)16-25(41)14-23)44-39(56)45-31-9-4-6-10-42-31)37(54)49-19-26(61-62(57,58)59)17-29(49)36(53)47-11-7-5-8-28(47)34(51)43-21(2)35(52)48(30)18-20/h4,6,9-10,13-14,16,20-22,26-30,32,34,43,51H,5,7-8,11-12,15,17-19H2,1-3H3,(H,46,50)(H2,57,58,59)(H2,42,44,45,56)/t20-,21+,22+,26-,27+,28+,29+,30+,32+,34?/m1/s1. The number of esters is 1. The number of urea groups is 1. The first-order valence-corrected chi connectivity index (χ1v) is 21.8. The minimum Gasteiger partial charge on any atom is -0.458 e. The molecule has 2 aromatic rings. The number of fused-ring (bicyclic) bond motifs is 3. The number of benzene rings is 1. The van der Waals surface area contributed by atoms with Crippen LogP contribution < -0.4 is 21.3 Å². The lowest BCUT2D eigenvalue weighted by molar-refractivity contribution is -0.163. The second kappa shape index (κ2) is 19.5. The summed E-state index contributed by atoms with van der Waals surface area (Å²) in [7, 11) is -5.19. The Morgan fingerprint density at radius 1 is 0.968 bits per heavy atom. The Labute approximate surface area is 355 Å². The molecule has 62 heavy (non-hydrogen) atoms. The highest BCUT2D eigenvalue weighted by Gasteiger charge is 2.50. The molecule has 1 unspecified atom stereocenters. The normalized spacial score (nSPS) is 29.3. The Bertz CT molecular complexity index is 2050. The highest BCUT2D eigenvalue weighted by Crippen LogP contribution is 2.41. The molecule has 0 spiro atoms. The summed E-state index contributed by atoms with van der Waals surface area (Å²) in [4.78, 5) is 112. The molecule has 10 atom stereocenters. The summed E-state index contributed by atoms with van der Waals surface area (Å²) in [5.74, 6) is -6.47. The summed E-state index contributed by atoms with van der Waals surface area (Å²) in [6.07, 6.45) is -2.47. The topological polar surface area (TPSA) is 269 Å². The van der Waals surface area contributed by atoms with Crippen LogP contribution in [0.3, 0.4) is 0 Å². The molecule has 5 heterocycles. The Kier molecular flexibility index (Phi) is 14.6. The van der Waals surface area contributed by atoms with E-state index in [4.69, 9.17) is 9.26 Å². The highest BCUT2D eigenvalue weighted by molar-refractivity contribution is 7.46. The number of pyridine rings is 1. The van der Waals surface area contributed by atoms with Gasteiger partial charge in [-0.25, -0.2) is 27.9 Å². The van der Waals surface area contributed by atoms with Crippen LogP contribution in [0.5, 0.6) is 0 Å². The van der Waals surface area contributed by atoms with Gasteiger partial charge in [-0.1, -0.05) is 13.0 Å². The number of halogens is 2. The number of hydrogen-bond acceptors (Lipinski definition) is 12. The van der Waals surface area contributed by atoms with Gasteiger partial charge in [0.05, 0.1) is 18.2 Å². The van der Waals surface area contributed by atoms with Gasteiger partial charge in [0.15, 0.2) is 0 Å². The van der Waals surface area contributed by atoms with Crippen LogP contribution in [-0.4, -0.2) is 145 Å². The van der Waals surface area contributed by atoms with Gasteiger partial charge in [0.1, 0.15) is 54.0 Å².